The van der Waals surface area contributed by atoms with Crippen LogP contribution in [0.25, 0.3) is 0 Å². The van der Waals surface area contributed by atoms with Gasteiger partial charge >= 0.3 is 0 Å². The number of rotatable bonds is 8. The molecule has 0 aliphatic carbocycles. The molecule has 102 valence electrons. The number of aromatic nitrogens is 2. The van der Waals surface area contributed by atoms with Gasteiger partial charge in [0.25, 0.3) is 0 Å². The van der Waals surface area contributed by atoms with Crippen molar-refractivity contribution in [3.63, 3.8) is 0 Å². The lowest BCUT2D eigenvalue weighted by Gasteiger charge is -2.16. The van der Waals surface area contributed by atoms with Gasteiger partial charge in [0.1, 0.15) is 11.6 Å². The van der Waals surface area contributed by atoms with E-state index in [9.17, 15) is 0 Å². The summed E-state index contributed by atoms with van der Waals surface area (Å²) in [4.78, 5) is 8.25. The third-order valence-corrected chi connectivity index (χ3v) is 3.11. The molecule has 5 nitrogen and oxygen atoms in total. The molecule has 4 N–H and O–H groups in total. The largest absolute Gasteiger partial charge is 0.373 e. The highest BCUT2D eigenvalue weighted by atomic mass is 15.1. The predicted octanol–water partition coefficient (Wildman–Crippen LogP) is 2.73. The van der Waals surface area contributed by atoms with Gasteiger partial charge in [-0.05, 0) is 12.3 Å². The monoisotopic (exact) mass is 251 g/mol. The van der Waals surface area contributed by atoms with Crippen molar-refractivity contribution in [1.29, 1.82) is 0 Å². The molecule has 0 fully saturated rings. The fourth-order valence-corrected chi connectivity index (χ4v) is 1.88. The topological polar surface area (TPSA) is 75.9 Å². The van der Waals surface area contributed by atoms with E-state index in [0.29, 0.717) is 11.9 Å². The molecule has 0 bridgehead atoms. The van der Waals surface area contributed by atoms with Crippen LogP contribution in [0.4, 0.5) is 17.6 Å². The molecule has 0 spiro atoms. The lowest BCUT2D eigenvalue weighted by Crippen LogP contribution is -2.15. The van der Waals surface area contributed by atoms with Gasteiger partial charge in [-0.15, -0.1) is 0 Å². The van der Waals surface area contributed by atoms with E-state index in [4.69, 9.17) is 5.73 Å². The first-order chi connectivity index (χ1) is 8.69. The second-order valence-electron chi connectivity index (χ2n) is 4.54. The van der Waals surface area contributed by atoms with Crippen LogP contribution in [0, 0.1) is 5.92 Å². The van der Waals surface area contributed by atoms with Crippen LogP contribution in [-0.2, 0) is 0 Å². The Hall–Kier alpha value is -1.52. The first-order valence-electron chi connectivity index (χ1n) is 6.75. The van der Waals surface area contributed by atoms with E-state index < -0.39 is 0 Å². The smallest absolute Gasteiger partial charge is 0.223 e. The Morgan fingerprint density at radius 3 is 2.61 bits per heavy atom. The molecular weight excluding hydrogens is 226 g/mol. The van der Waals surface area contributed by atoms with E-state index >= 15 is 0 Å². The van der Waals surface area contributed by atoms with Gasteiger partial charge in [-0.3, -0.25) is 0 Å². The van der Waals surface area contributed by atoms with Gasteiger partial charge in [0.05, 0.1) is 0 Å². The summed E-state index contributed by atoms with van der Waals surface area (Å²) in [6.45, 7) is 5.40. The lowest BCUT2D eigenvalue weighted by atomic mass is 9.99. The maximum Gasteiger partial charge on any atom is 0.223 e. The summed E-state index contributed by atoms with van der Waals surface area (Å²) in [5.41, 5.74) is 5.65. The molecule has 1 heterocycles. The molecule has 0 radical (unpaired) electrons. The number of nitrogens with zero attached hydrogens (tertiary/aromatic N) is 2. The fourth-order valence-electron chi connectivity index (χ4n) is 1.88. The van der Waals surface area contributed by atoms with E-state index in [1.807, 2.05) is 13.1 Å². The average molecular weight is 251 g/mol. The Bertz CT molecular complexity index is 353. The van der Waals surface area contributed by atoms with Crippen molar-refractivity contribution in [2.45, 2.75) is 39.5 Å². The molecule has 0 aliphatic rings. The third kappa shape index (κ3) is 4.77. The van der Waals surface area contributed by atoms with Crippen molar-refractivity contribution in [1.82, 2.24) is 9.97 Å². The van der Waals surface area contributed by atoms with Crippen molar-refractivity contribution in [3.8, 4) is 0 Å². The minimum atomic E-state index is 0.297. The molecule has 0 amide bonds. The molecule has 0 saturated carbocycles. The number of nitrogens with one attached hydrogen (secondary N) is 2. The van der Waals surface area contributed by atoms with E-state index in [0.717, 1.165) is 18.2 Å². The van der Waals surface area contributed by atoms with Gasteiger partial charge < -0.3 is 16.4 Å². The number of nitrogens with two attached hydrogens (primary N) is 1. The summed E-state index contributed by atoms with van der Waals surface area (Å²) >= 11 is 0. The van der Waals surface area contributed by atoms with Gasteiger partial charge in [-0.1, -0.05) is 33.1 Å². The van der Waals surface area contributed by atoms with E-state index in [-0.39, 0.29) is 0 Å². The Balaban J connectivity index is 2.53. The van der Waals surface area contributed by atoms with Crippen molar-refractivity contribution in [2.24, 2.45) is 5.92 Å². The first kappa shape index (κ1) is 14.5. The zero-order valence-electron chi connectivity index (χ0n) is 11.7. The molecule has 0 aromatic carbocycles. The highest BCUT2D eigenvalue weighted by Gasteiger charge is 2.07. The standard InChI is InChI=1S/C13H25N5/c1-4-6-7-10(5-2)9-16-12-8-11(15-3)17-13(14)18-12/h8,10H,4-7,9H2,1-3H3,(H4,14,15,16,17,18). The molecule has 1 aromatic heterocycles. The summed E-state index contributed by atoms with van der Waals surface area (Å²) in [7, 11) is 1.82. The third-order valence-electron chi connectivity index (χ3n) is 3.11. The molecule has 0 saturated heterocycles. The zero-order chi connectivity index (χ0) is 13.4. The maximum atomic E-state index is 5.65. The summed E-state index contributed by atoms with van der Waals surface area (Å²) < 4.78 is 0. The van der Waals surface area contributed by atoms with Crippen molar-refractivity contribution in [3.05, 3.63) is 6.07 Å². The fraction of sp³-hybridized carbons (Fsp3) is 0.692. The van der Waals surface area contributed by atoms with Gasteiger partial charge in [-0.25, -0.2) is 0 Å². The van der Waals surface area contributed by atoms with Gasteiger partial charge in [-0.2, -0.15) is 9.97 Å². The van der Waals surface area contributed by atoms with Crippen LogP contribution in [0.2, 0.25) is 0 Å². The summed E-state index contributed by atoms with van der Waals surface area (Å²) in [5, 5.41) is 6.32. The van der Waals surface area contributed by atoms with Crippen LogP contribution in [0.3, 0.4) is 0 Å². The molecule has 1 unspecified atom stereocenters. The van der Waals surface area contributed by atoms with Crippen molar-refractivity contribution in [2.75, 3.05) is 30.0 Å². The Morgan fingerprint density at radius 1 is 1.28 bits per heavy atom. The van der Waals surface area contributed by atoms with Crippen LogP contribution >= 0.6 is 0 Å². The number of hydrogen-bond acceptors (Lipinski definition) is 5. The van der Waals surface area contributed by atoms with Crippen LogP contribution in [0.5, 0.6) is 0 Å². The number of hydrogen-bond donors (Lipinski definition) is 3. The molecule has 5 heteroatoms. The molecule has 1 rings (SSSR count). The first-order valence-corrected chi connectivity index (χ1v) is 6.75. The Morgan fingerprint density at radius 2 is 2.00 bits per heavy atom. The SMILES string of the molecule is CCCCC(CC)CNc1cc(NC)nc(N)n1. The van der Waals surface area contributed by atoms with Crippen LogP contribution < -0.4 is 16.4 Å². The quantitative estimate of drug-likeness (QED) is 0.662. The molecule has 18 heavy (non-hydrogen) atoms. The van der Waals surface area contributed by atoms with Crippen LogP contribution in [0.1, 0.15) is 39.5 Å². The maximum absolute atomic E-state index is 5.65. The lowest BCUT2D eigenvalue weighted by molar-refractivity contribution is 0.472. The predicted molar refractivity (Wildman–Crippen MR) is 77.8 cm³/mol. The Labute approximate surface area is 110 Å². The van der Waals surface area contributed by atoms with Crippen molar-refractivity contribution >= 4 is 17.6 Å². The normalized spacial score (nSPS) is 12.2. The molecule has 0 aliphatic heterocycles. The van der Waals surface area contributed by atoms with Gasteiger partial charge in [0.15, 0.2) is 0 Å². The van der Waals surface area contributed by atoms with E-state index in [2.05, 4.69) is 34.4 Å². The Kier molecular flexibility index (Phi) is 6.25. The highest BCUT2D eigenvalue weighted by molar-refractivity contribution is 5.50. The number of anilines is 3. The van der Waals surface area contributed by atoms with E-state index in [1.54, 1.807) is 0 Å². The summed E-state index contributed by atoms with van der Waals surface area (Å²) in [5.74, 6) is 2.53. The van der Waals surface area contributed by atoms with Crippen molar-refractivity contribution < 1.29 is 0 Å². The minimum absolute atomic E-state index is 0.297. The van der Waals surface area contributed by atoms with Gasteiger partial charge in [0, 0.05) is 19.7 Å². The summed E-state index contributed by atoms with van der Waals surface area (Å²) in [6, 6.07) is 1.88. The van der Waals surface area contributed by atoms with E-state index in [1.165, 1.54) is 25.7 Å². The average Bonchev–Trinajstić information content (AvgIpc) is 2.38. The molecular formula is C13H25N5. The molecule has 1 aromatic rings. The number of unbranched alkanes of at least 4 members (excludes halogenated alkanes) is 1. The van der Waals surface area contributed by atoms with Crippen LogP contribution in [-0.4, -0.2) is 23.6 Å². The second kappa shape index (κ2) is 7.74. The number of nitrogen functional groups attached to an aromatic ring is 1. The zero-order valence-corrected chi connectivity index (χ0v) is 11.7. The minimum Gasteiger partial charge on any atom is -0.373 e. The highest BCUT2D eigenvalue weighted by Crippen LogP contribution is 2.16. The summed E-state index contributed by atoms with van der Waals surface area (Å²) in [6.07, 6.45) is 4.99. The van der Waals surface area contributed by atoms with Crippen LogP contribution in [0.15, 0.2) is 6.07 Å². The molecule has 1 atom stereocenters. The second-order valence-corrected chi connectivity index (χ2v) is 4.54. The van der Waals surface area contributed by atoms with Gasteiger partial charge in [0.2, 0.25) is 5.95 Å².